The number of carbonyl (C=O) groups excluding carboxylic acids is 1. The summed E-state index contributed by atoms with van der Waals surface area (Å²) in [7, 11) is 1.64. The Morgan fingerprint density at radius 1 is 1.14 bits per heavy atom. The minimum atomic E-state index is -0.329. The van der Waals surface area contributed by atoms with E-state index in [-0.39, 0.29) is 17.5 Å². The van der Waals surface area contributed by atoms with Crippen LogP contribution in [0.1, 0.15) is 22.0 Å². The van der Waals surface area contributed by atoms with Crippen molar-refractivity contribution in [2.75, 3.05) is 0 Å². The molecule has 1 N–H and O–H groups in total. The number of pyridine rings is 1. The average Bonchev–Trinajstić information content (AvgIpc) is 3.44. The van der Waals surface area contributed by atoms with Crippen LogP contribution in [-0.2, 0) is 13.6 Å². The van der Waals surface area contributed by atoms with Crippen molar-refractivity contribution in [3.05, 3.63) is 94.0 Å². The third-order valence-corrected chi connectivity index (χ3v) is 5.48. The summed E-state index contributed by atoms with van der Waals surface area (Å²) in [6.07, 6.45) is 4.79. The molecule has 1 atom stereocenters. The number of carbonyl (C=O) groups is 1. The van der Waals surface area contributed by atoms with Crippen LogP contribution < -0.4 is 10.9 Å². The zero-order chi connectivity index (χ0) is 20.2. The lowest BCUT2D eigenvalue weighted by Crippen LogP contribution is -2.33. The monoisotopic (exact) mass is 405 g/mol. The number of nitrogens with zero attached hydrogens (tertiary/aromatic N) is 4. The van der Waals surface area contributed by atoms with E-state index in [1.165, 1.54) is 22.0 Å². The van der Waals surface area contributed by atoms with Crippen molar-refractivity contribution in [1.29, 1.82) is 0 Å². The van der Waals surface area contributed by atoms with E-state index < -0.39 is 0 Å². The van der Waals surface area contributed by atoms with Crippen molar-refractivity contribution in [3.63, 3.8) is 0 Å². The van der Waals surface area contributed by atoms with Crippen molar-refractivity contribution in [2.24, 2.45) is 7.05 Å². The Kier molecular flexibility index (Phi) is 5.35. The second kappa shape index (κ2) is 8.24. The highest BCUT2D eigenvalue weighted by Gasteiger charge is 2.21. The van der Waals surface area contributed by atoms with Crippen molar-refractivity contribution in [2.45, 2.75) is 12.6 Å². The number of rotatable bonds is 6. The van der Waals surface area contributed by atoms with Crippen molar-refractivity contribution < 1.29 is 4.79 Å². The van der Waals surface area contributed by atoms with Crippen LogP contribution >= 0.6 is 11.3 Å². The van der Waals surface area contributed by atoms with Crippen LogP contribution in [0.4, 0.5) is 0 Å². The fourth-order valence-electron chi connectivity index (χ4n) is 3.10. The fraction of sp³-hybridized carbons (Fsp3) is 0.143. The highest BCUT2D eigenvalue weighted by atomic mass is 32.1. The highest BCUT2D eigenvalue weighted by Crippen LogP contribution is 2.27. The van der Waals surface area contributed by atoms with Gasteiger partial charge in [0.2, 0.25) is 0 Å². The molecule has 1 unspecified atom stereocenters. The van der Waals surface area contributed by atoms with E-state index in [1.54, 1.807) is 30.4 Å². The van der Waals surface area contributed by atoms with E-state index in [0.29, 0.717) is 17.7 Å². The SMILES string of the molecule is Cn1cc(C(=O)NC(Cn2nccn2)c2ccccc2)c(-c2cccs2)cc1=O. The Hall–Kier alpha value is -3.52. The molecule has 0 spiro atoms. The first-order valence-corrected chi connectivity index (χ1v) is 9.94. The second-order valence-corrected chi connectivity index (χ2v) is 7.50. The fourth-order valence-corrected chi connectivity index (χ4v) is 3.86. The van der Waals surface area contributed by atoms with Gasteiger partial charge in [-0.05, 0) is 17.0 Å². The van der Waals surface area contributed by atoms with Gasteiger partial charge in [-0.15, -0.1) is 11.3 Å². The molecule has 0 bridgehead atoms. The molecule has 3 heterocycles. The molecule has 0 saturated heterocycles. The lowest BCUT2D eigenvalue weighted by Gasteiger charge is -2.20. The maximum absolute atomic E-state index is 13.3. The Morgan fingerprint density at radius 3 is 2.59 bits per heavy atom. The molecule has 1 amide bonds. The molecular weight excluding hydrogens is 386 g/mol. The van der Waals surface area contributed by atoms with E-state index >= 15 is 0 Å². The van der Waals surface area contributed by atoms with Gasteiger partial charge < -0.3 is 9.88 Å². The quantitative estimate of drug-likeness (QED) is 0.535. The van der Waals surface area contributed by atoms with Crippen molar-refractivity contribution in [3.8, 4) is 10.4 Å². The molecule has 7 nitrogen and oxygen atoms in total. The topological polar surface area (TPSA) is 81.8 Å². The number of hydrogen-bond acceptors (Lipinski definition) is 5. The number of aryl methyl sites for hydroxylation is 1. The Morgan fingerprint density at radius 2 is 1.90 bits per heavy atom. The molecule has 0 saturated carbocycles. The molecular formula is C21H19N5O2S. The maximum atomic E-state index is 13.3. The predicted octanol–water partition coefficient (Wildman–Crippen LogP) is 2.88. The van der Waals surface area contributed by atoms with Crippen LogP contribution in [0.2, 0.25) is 0 Å². The van der Waals surface area contributed by atoms with Gasteiger partial charge in [-0.1, -0.05) is 36.4 Å². The summed E-state index contributed by atoms with van der Waals surface area (Å²) in [5.41, 5.74) is 1.86. The summed E-state index contributed by atoms with van der Waals surface area (Å²) in [4.78, 5) is 27.9. The lowest BCUT2D eigenvalue weighted by molar-refractivity contribution is 0.0930. The molecule has 1 aromatic carbocycles. The van der Waals surface area contributed by atoms with Crippen LogP contribution in [0.3, 0.4) is 0 Å². The van der Waals surface area contributed by atoms with E-state index in [0.717, 1.165) is 10.4 Å². The second-order valence-electron chi connectivity index (χ2n) is 6.55. The number of aromatic nitrogens is 4. The van der Waals surface area contributed by atoms with Crippen LogP contribution in [0.25, 0.3) is 10.4 Å². The van der Waals surface area contributed by atoms with Gasteiger partial charge in [0.15, 0.2) is 0 Å². The largest absolute Gasteiger partial charge is 0.343 e. The first kappa shape index (κ1) is 18.8. The smallest absolute Gasteiger partial charge is 0.253 e. The first-order chi connectivity index (χ1) is 14.1. The van der Waals surface area contributed by atoms with Gasteiger partial charge in [-0.2, -0.15) is 15.0 Å². The summed E-state index contributed by atoms with van der Waals surface area (Å²) >= 11 is 1.49. The Balaban J connectivity index is 1.69. The zero-order valence-electron chi connectivity index (χ0n) is 15.7. The molecule has 0 radical (unpaired) electrons. The van der Waals surface area contributed by atoms with E-state index in [9.17, 15) is 9.59 Å². The van der Waals surface area contributed by atoms with Gasteiger partial charge >= 0.3 is 0 Å². The summed E-state index contributed by atoms with van der Waals surface area (Å²) in [6, 6.07) is 14.7. The molecule has 4 rings (SSSR count). The van der Waals surface area contributed by atoms with Crippen molar-refractivity contribution >= 4 is 17.2 Å². The normalized spacial score (nSPS) is 11.9. The standard InChI is InChI=1S/C21H19N5O2S/c1-25-13-17(16(12-20(25)27)19-8-5-11-29-19)21(28)24-18(14-26-22-9-10-23-26)15-6-3-2-4-7-15/h2-13,18H,14H2,1H3,(H,24,28). The van der Waals surface area contributed by atoms with Crippen LogP contribution in [-0.4, -0.2) is 25.5 Å². The molecule has 4 aromatic rings. The maximum Gasteiger partial charge on any atom is 0.253 e. The molecule has 0 aliphatic carbocycles. The summed E-state index contributed by atoms with van der Waals surface area (Å²) in [5, 5.41) is 13.3. The number of hydrogen-bond donors (Lipinski definition) is 1. The van der Waals surface area contributed by atoms with Crippen molar-refractivity contribution in [1.82, 2.24) is 24.9 Å². The van der Waals surface area contributed by atoms with E-state index in [1.807, 2.05) is 47.8 Å². The average molecular weight is 405 g/mol. The summed E-state index contributed by atoms with van der Waals surface area (Å²) in [5.74, 6) is -0.259. The molecule has 8 heteroatoms. The molecule has 0 fully saturated rings. The van der Waals surface area contributed by atoms with Gasteiger partial charge in [0, 0.05) is 29.8 Å². The Labute approximate surface area is 171 Å². The van der Waals surface area contributed by atoms with Gasteiger partial charge in [-0.3, -0.25) is 9.59 Å². The molecule has 29 heavy (non-hydrogen) atoms. The van der Waals surface area contributed by atoms with E-state index in [4.69, 9.17) is 0 Å². The zero-order valence-corrected chi connectivity index (χ0v) is 16.5. The molecule has 146 valence electrons. The first-order valence-electron chi connectivity index (χ1n) is 9.06. The number of nitrogens with one attached hydrogen (secondary N) is 1. The number of benzene rings is 1. The third kappa shape index (κ3) is 4.17. The molecule has 0 aliphatic rings. The lowest BCUT2D eigenvalue weighted by atomic mass is 10.0. The summed E-state index contributed by atoms with van der Waals surface area (Å²) < 4.78 is 1.42. The van der Waals surface area contributed by atoms with Gasteiger partial charge in [0.1, 0.15) is 0 Å². The van der Waals surface area contributed by atoms with Crippen LogP contribution in [0, 0.1) is 0 Å². The minimum Gasteiger partial charge on any atom is -0.343 e. The van der Waals surface area contributed by atoms with Crippen LogP contribution in [0.5, 0.6) is 0 Å². The van der Waals surface area contributed by atoms with Gasteiger partial charge in [0.05, 0.1) is 30.5 Å². The molecule has 0 aliphatic heterocycles. The minimum absolute atomic E-state index is 0.162. The Bertz CT molecular complexity index is 1150. The third-order valence-electron chi connectivity index (χ3n) is 4.58. The number of thiophene rings is 1. The predicted molar refractivity (Wildman–Crippen MR) is 112 cm³/mol. The number of amides is 1. The highest BCUT2D eigenvalue weighted by molar-refractivity contribution is 7.13. The van der Waals surface area contributed by atoms with Crippen LogP contribution in [0.15, 0.2) is 77.3 Å². The molecule has 3 aromatic heterocycles. The van der Waals surface area contributed by atoms with Gasteiger partial charge in [0.25, 0.3) is 11.5 Å². The summed E-state index contributed by atoms with van der Waals surface area (Å²) in [6.45, 7) is 0.392. The van der Waals surface area contributed by atoms with Gasteiger partial charge in [-0.25, -0.2) is 0 Å². The van der Waals surface area contributed by atoms with E-state index in [2.05, 4.69) is 15.5 Å².